The Morgan fingerprint density at radius 2 is 2.21 bits per heavy atom. The van der Waals surface area contributed by atoms with Gasteiger partial charge in [-0.05, 0) is 31.0 Å². The van der Waals surface area contributed by atoms with Crippen LogP contribution in [0.1, 0.15) is 18.9 Å². The average molecular weight is 285 g/mol. The van der Waals surface area contributed by atoms with Gasteiger partial charge in [0.1, 0.15) is 0 Å². The van der Waals surface area contributed by atoms with Crippen molar-refractivity contribution in [2.45, 2.75) is 25.4 Å². The van der Waals surface area contributed by atoms with E-state index in [1.807, 2.05) is 6.92 Å². The van der Waals surface area contributed by atoms with Gasteiger partial charge in [-0.1, -0.05) is 6.07 Å². The lowest BCUT2D eigenvalue weighted by molar-refractivity contribution is 0.370. The van der Waals surface area contributed by atoms with Gasteiger partial charge in [0.25, 0.3) is 0 Å². The van der Waals surface area contributed by atoms with Crippen molar-refractivity contribution in [1.82, 2.24) is 5.32 Å². The Kier molecular flexibility index (Phi) is 3.73. The van der Waals surface area contributed by atoms with Crippen LogP contribution >= 0.6 is 0 Å². The van der Waals surface area contributed by atoms with E-state index in [0.29, 0.717) is 18.7 Å². The number of phenols is 1. The first-order chi connectivity index (χ1) is 8.84. The molecule has 0 aliphatic carbocycles. The van der Waals surface area contributed by atoms with E-state index in [0.717, 1.165) is 5.56 Å². The number of hydrogen-bond acceptors (Lipinski definition) is 5. The van der Waals surface area contributed by atoms with Gasteiger partial charge in [0.05, 0.1) is 18.6 Å². The first kappa shape index (κ1) is 14.1. The molecule has 5 nitrogen and oxygen atoms in total. The van der Waals surface area contributed by atoms with Crippen molar-refractivity contribution in [2.75, 3.05) is 18.6 Å². The minimum absolute atomic E-state index is 0.0981. The molecular formula is C13H19NO4S. The summed E-state index contributed by atoms with van der Waals surface area (Å²) in [5, 5.41) is 12.8. The summed E-state index contributed by atoms with van der Waals surface area (Å²) in [6, 6.07) is 5.11. The first-order valence-electron chi connectivity index (χ1n) is 6.15. The van der Waals surface area contributed by atoms with Gasteiger partial charge in [0.15, 0.2) is 21.3 Å². The van der Waals surface area contributed by atoms with Gasteiger partial charge in [-0.15, -0.1) is 0 Å². The number of hydrogen-bond donors (Lipinski definition) is 2. The van der Waals surface area contributed by atoms with E-state index < -0.39 is 9.84 Å². The Morgan fingerprint density at radius 1 is 1.47 bits per heavy atom. The van der Waals surface area contributed by atoms with Crippen molar-refractivity contribution in [3.63, 3.8) is 0 Å². The fourth-order valence-corrected chi connectivity index (χ4v) is 4.42. The molecule has 2 N–H and O–H groups in total. The van der Waals surface area contributed by atoms with E-state index in [1.54, 1.807) is 18.2 Å². The maximum Gasteiger partial charge on any atom is 0.160 e. The second-order valence-electron chi connectivity index (χ2n) is 5.26. The molecule has 1 aromatic rings. The van der Waals surface area contributed by atoms with Gasteiger partial charge in [0, 0.05) is 12.1 Å². The highest BCUT2D eigenvalue weighted by Crippen LogP contribution is 2.27. The highest BCUT2D eigenvalue weighted by Gasteiger charge is 2.37. The Bertz CT molecular complexity index is 570. The smallest absolute Gasteiger partial charge is 0.160 e. The number of sulfone groups is 1. The Morgan fingerprint density at radius 3 is 2.79 bits per heavy atom. The van der Waals surface area contributed by atoms with Gasteiger partial charge >= 0.3 is 0 Å². The largest absolute Gasteiger partial charge is 0.504 e. The van der Waals surface area contributed by atoms with Crippen LogP contribution in [0.4, 0.5) is 0 Å². The molecule has 0 spiro atoms. The quantitative estimate of drug-likeness (QED) is 0.865. The molecule has 1 fully saturated rings. The maximum absolute atomic E-state index is 11.5. The van der Waals surface area contributed by atoms with Crippen molar-refractivity contribution in [1.29, 1.82) is 0 Å². The van der Waals surface area contributed by atoms with Gasteiger partial charge in [-0.25, -0.2) is 8.42 Å². The predicted octanol–water partition coefficient (Wildman–Crippen LogP) is 1.07. The van der Waals surface area contributed by atoms with Crippen molar-refractivity contribution in [3.8, 4) is 11.5 Å². The summed E-state index contributed by atoms with van der Waals surface area (Å²) >= 11 is 0. The molecule has 1 aliphatic heterocycles. The van der Waals surface area contributed by atoms with Gasteiger partial charge < -0.3 is 15.2 Å². The molecule has 1 aromatic carbocycles. The zero-order valence-corrected chi connectivity index (χ0v) is 12.0. The SMILES string of the molecule is COc1cc(CNC2(C)CCS(=O)(=O)C2)ccc1O. The molecule has 6 heteroatoms. The van der Waals surface area contributed by atoms with Crippen molar-refractivity contribution < 1.29 is 18.3 Å². The van der Waals surface area contributed by atoms with Crippen molar-refractivity contribution >= 4 is 9.84 Å². The predicted molar refractivity (Wildman–Crippen MR) is 73.2 cm³/mol. The second-order valence-corrected chi connectivity index (χ2v) is 7.45. The molecule has 1 atom stereocenters. The van der Waals surface area contributed by atoms with E-state index >= 15 is 0 Å². The maximum atomic E-state index is 11.5. The number of nitrogens with one attached hydrogen (secondary N) is 1. The summed E-state index contributed by atoms with van der Waals surface area (Å²) < 4.78 is 28.1. The molecule has 0 bridgehead atoms. The highest BCUT2D eigenvalue weighted by atomic mass is 32.2. The van der Waals surface area contributed by atoms with Crippen LogP contribution in [-0.4, -0.2) is 37.7 Å². The molecule has 0 saturated carbocycles. The molecule has 106 valence electrons. The number of methoxy groups -OCH3 is 1. The Hall–Kier alpha value is -1.27. The molecule has 1 saturated heterocycles. The van der Waals surface area contributed by atoms with E-state index in [-0.39, 0.29) is 22.8 Å². The minimum atomic E-state index is -2.91. The van der Waals surface area contributed by atoms with Crippen molar-refractivity contribution in [2.24, 2.45) is 0 Å². The summed E-state index contributed by atoms with van der Waals surface area (Å²) in [7, 11) is -1.41. The molecule has 1 aliphatic rings. The first-order valence-corrected chi connectivity index (χ1v) is 7.97. The topological polar surface area (TPSA) is 75.6 Å². The fraction of sp³-hybridized carbons (Fsp3) is 0.538. The third-order valence-electron chi connectivity index (χ3n) is 3.47. The summed E-state index contributed by atoms with van der Waals surface area (Å²) in [5.74, 6) is 0.939. The van der Waals surface area contributed by atoms with Gasteiger partial charge in [-0.3, -0.25) is 0 Å². The summed E-state index contributed by atoms with van der Waals surface area (Å²) in [6.45, 7) is 2.47. The third kappa shape index (κ3) is 3.39. The highest BCUT2D eigenvalue weighted by molar-refractivity contribution is 7.91. The monoisotopic (exact) mass is 285 g/mol. The van der Waals surface area contributed by atoms with Gasteiger partial charge in [0.2, 0.25) is 0 Å². The Balaban J connectivity index is 2.03. The molecule has 19 heavy (non-hydrogen) atoms. The molecule has 0 aromatic heterocycles. The lowest BCUT2D eigenvalue weighted by Crippen LogP contribution is -2.42. The van der Waals surface area contributed by atoms with E-state index in [2.05, 4.69) is 5.32 Å². The lowest BCUT2D eigenvalue weighted by atomic mass is 10.0. The standard InChI is InChI=1S/C13H19NO4S/c1-13(5-6-19(16,17)9-13)14-8-10-3-4-11(15)12(7-10)18-2/h3-4,7,14-15H,5-6,8-9H2,1-2H3. The normalized spacial score (nSPS) is 25.4. The van der Waals surface area contributed by atoms with Gasteiger partial charge in [-0.2, -0.15) is 0 Å². The van der Waals surface area contributed by atoms with Crippen LogP contribution < -0.4 is 10.1 Å². The van der Waals surface area contributed by atoms with E-state index in [1.165, 1.54) is 7.11 Å². The second kappa shape index (κ2) is 5.02. The zero-order valence-electron chi connectivity index (χ0n) is 11.1. The molecular weight excluding hydrogens is 266 g/mol. The molecule has 0 amide bonds. The summed E-state index contributed by atoms with van der Waals surface area (Å²) in [6.07, 6.45) is 0.630. The van der Waals surface area contributed by atoms with Crippen LogP contribution in [-0.2, 0) is 16.4 Å². The summed E-state index contributed by atoms with van der Waals surface area (Å²) in [5.41, 5.74) is 0.574. The van der Waals surface area contributed by atoms with Crippen molar-refractivity contribution in [3.05, 3.63) is 23.8 Å². The zero-order chi connectivity index (χ0) is 14.1. The van der Waals surface area contributed by atoms with E-state index in [4.69, 9.17) is 4.74 Å². The number of benzene rings is 1. The number of rotatable bonds is 4. The van der Waals surface area contributed by atoms with Crippen LogP contribution in [0.5, 0.6) is 11.5 Å². The number of aromatic hydroxyl groups is 1. The van der Waals surface area contributed by atoms with Crippen LogP contribution in [0.2, 0.25) is 0 Å². The molecule has 1 unspecified atom stereocenters. The molecule has 0 radical (unpaired) electrons. The van der Waals surface area contributed by atoms with E-state index in [9.17, 15) is 13.5 Å². The molecule has 2 rings (SSSR count). The number of ether oxygens (including phenoxy) is 1. The van der Waals surface area contributed by atoms with Crippen LogP contribution in [0.25, 0.3) is 0 Å². The van der Waals surface area contributed by atoms with Crippen LogP contribution in [0.3, 0.4) is 0 Å². The van der Waals surface area contributed by atoms with Crippen LogP contribution in [0.15, 0.2) is 18.2 Å². The third-order valence-corrected chi connectivity index (χ3v) is 5.37. The Labute approximate surface area is 113 Å². The minimum Gasteiger partial charge on any atom is -0.504 e. The molecule has 1 heterocycles. The van der Waals surface area contributed by atoms with Crippen LogP contribution in [0, 0.1) is 0 Å². The average Bonchev–Trinajstić information content (AvgIpc) is 2.63. The number of phenolic OH excluding ortho intramolecular Hbond substituents is 1. The fourth-order valence-electron chi connectivity index (χ4n) is 2.30. The lowest BCUT2D eigenvalue weighted by Gasteiger charge is -2.24. The summed E-state index contributed by atoms with van der Waals surface area (Å²) in [4.78, 5) is 0.